The van der Waals surface area contributed by atoms with Crippen LogP contribution in [0.1, 0.15) is 25.7 Å². The monoisotopic (exact) mass is 167 g/mol. The molecule has 0 aromatic rings. The molecule has 1 aliphatic carbocycles. The topological polar surface area (TPSA) is 20.3 Å². The van der Waals surface area contributed by atoms with Gasteiger partial charge in [-0.25, -0.2) is 0 Å². The molecule has 1 saturated heterocycles. The van der Waals surface area contributed by atoms with Crippen LogP contribution >= 0.6 is 0 Å². The lowest BCUT2D eigenvalue weighted by atomic mass is 9.80. The highest BCUT2D eigenvalue weighted by Gasteiger charge is 2.33. The Labute approximate surface area is 73.9 Å². The Kier molecular flexibility index (Phi) is 2.18. The summed E-state index contributed by atoms with van der Waals surface area (Å²) in [6, 6.07) is 0. The number of ketones is 1. The first kappa shape index (κ1) is 8.24. The van der Waals surface area contributed by atoms with Gasteiger partial charge in [-0.1, -0.05) is 6.42 Å². The summed E-state index contributed by atoms with van der Waals surface area (Å²) in [6.07, 6.45) is 4.67. The van der Waals surface area contributed by atoms with Gasteiger partial charge in [-0.15, -0.1) is 0 Å². The van der Waals surface area contributed by atoms with Crippen LogP contribution in [0.5, 0.6) is 0 Å². The average molecular weight is 167 g/mol. The molecule has 2 heteroatoms. The summed E-state index contributed by atoms with van der Waals surface area (Å²) in [6.45, 7) is 2.13. The molecular weight excluding hydrogens is 150 g/mol. The van der Waals surface area contributed by atoms with E-state index in [2.05, 4.69) is 11.9 Å². The maximum Gasteiger partial charge on any atom is 0.140 e. The molecule has 68 valence electrons. The van der Waals surface area contributed by atoms with E-state index in [1.165, 1.54) is 6.42 Å². The van der Waals surface area contributed by atoms with E-state index < -0.39 is 0 Å². The summed E-state index contributed by atoms with van der Waals surface area (Å²) in [5, 5.41) is 0. The molecule has 2 nitrogen and oxygen atoms in total. The van der Waals surface area contributed by atoms with Crippen LogP contribution in [0.4, 0.5) is 0 Å². The zero-order valence-corrected chi connectivity index (χ0v) is 7.75. The van der Waals surface area contributed by atoms with Crippen LogP contribution in [-0.2, 0) is 4.79 Å². The molecule has 0 aromatic heterocycles. The molecule has 2 rings (SSSR count). The van der Waals surface area contributed by atoms with E-state index in [1.54, 1.807) is 0 Å². The van der Waals surface area contributed by atoms with Crippen molar-refractivity contribution in [3.05, 3.63) is 0 Å². The van der Waals surface area contributed by atoms with Crippen molar-refractivity contribution in [3.63, 3.8) is 0 Å². The molecule has 0 aromatic carbocycles. The number of Topliss-reactive ketones (excluding diaryl/α,β-unsaturated/α-hetero) is 1. The zero-order chi connectivity index (χ0) is 8.55. The second kappa shape index (κ2) is 3.17. The molecule has 1 heterocycles. The summed E-state index contributed by atoms with van der Waals surface area (Å²) in [5.41, 5.74) is 0. The molecule has 0 radical (unpaired) electrons. The number of nitrogens with zero attached hydrogens (tertiary/aromatic N) is 1. The predicted molar refractivity (Wildman–Crippen MR) is 48.0 cm³/mol. The molecule has 2 aliphatic rings. The van der Waals surface area contributed by atoms with Gasteiger partial charge in [0.1, 0.15) is 5.78 Å². The smallest absolute Gasteiger partial charge is 0.140 e. The molecule has 2 unspecified atom stereocenters. The lowest BCUT2D eigenvalue weighted by Crippen LogP contribution is -2.31. The van der Waals surface area contributed by atoms with Crippen molar-refractivity contribution in [1.82, 2.24) is 4.90 Å². The Bertz CT molecular complexity index is 190. The van der Waals surface area contributed by atoms with Crippen LogP contribution in [0.25, 0.3) is 0 Å². The Hall–Kier alpha value is -0.370. The largest absolute Gasteiger partial charge is 0.306 e. The Morgan fingerprint density at radius 1 is 1.25 bits per heavy atom. The Balaban J connectivity index is 2.13. The quantitative estimate of drug-likeness (QED) is 0.542. The van der Waals surface area contributed by atoms with Crippen molar-refractivity contribution in [2.24, 2.45) is 11.8 Å². The molecule has 0 spiro atoms. The molecule has 0 N–H and O–H groups in total. The first-order chi connectivity index (χ1) is 5.77. The van der Waals surface area contributed by atoms with Crippen molar-refractivity contribution in [2.45, 2.75) is 25.7 Å². The first-order valence-electron chi connectivity index (χ1n) is 4.99. The molecule has 2 fully saturated rings. The third-order valence-electron chi connectivity index (χ3n) is 3.30. The summed E-state index contributed by atoms with van der Waals surface area (Å²) in [4.78, 5) is 14.1. The molecule has 2 atom stereocenters. The number of hydrogen-bond donors (Lipinski definition) is 0. The van der Waals surface area contributed by atoms with Gasteiger partial charge in [-0.05, 0) is 32.9 Å². The fourth-order valence-corrected chi connectivity index (χ4v) is 2.54. The van der Waals surface area contributed by atoms with Crippen LogP contribution in [-0.4, -0.2) is 30.8 Å². The normalized spacial score (nSPS) is 37.9. The van der Waals surface area contributed by atoms with Gasteiger partial charge in [-0.2, -0.15) is 0 Å². The third-order valence-corrected chi connectivity index (χ3v) is 3.30. The minimum absolute atomic E-state index is 0.372. The first-order valence-corrected chi connectivity index (χ1v) is 4.99. The van der Waals surface area contributed by atoms with E-state index in [4.69, 9.17) is 0 Å². The van der Waals surface area contributed by atoms with Crippen LogP contribution in [0, 0.1) is 11.8 Å². The fourth-order valence-electron chi connectivity index (χ4n) is 2.54. The number of hydrogen-bond acceptors (Lipinski definition) is 2. The third kappa shape index (κ3) is 1.40. The lowest BCUT2D eigenvalue weighted by molar-refractivity contribution is -0.128. The maximum atomic E-state index is 11.7. The number of fused-ring (bicyclic) bond motifs is 2. The average Bonchev–Trinajstić information content (AvgIpc) is 2.17. The van der Waals surface area contributed by atoms with E-state index in [0.717, 1.165) is 32.4 Å². The van der Waals surface area contributed by atoms with E-state index in [0.29, 0.717) is 17.6 Å². The molecule has 12 heavy (non-hydrogen) atoms. The second-order valence-electron chi connectivity index (χ2n) is 4.28. The van der Waals surface area contributed by atoms with Gasteiger partial charge >= 0.3 is 0 Å². The number of rotatable bonds is 0. The van der Waals surface area contributed by atoms with Gasteiger partial charge in [0.15, 0.2) is 0 Å². The Morgan fingerprint density at radius 2 is 2.00 bits per heavy atom. The van der Waals surface area contributed by atoms with Crippen molar-refractivity contribution in [3.8, 4) is 0 Å². The minimum atomic E-state index is 0.372. The standard InChI is InChI=1S/C10H17NO/c1-11-6-5-8-3-2-4-9(7-11)10(8)12/h8-9H,2-7H2,1H3. The van der Waals surface area contributed by atoms with Crippen LogP contribution in [0.3, 0.4) is 0 Å². The highest BCUT2D eigenvalue weighted by Crippen LogP contribution is 2.30. The summed E-state index contributed by atoms with van der Waals surface area (Å²) in [7, 11) is 2.13. The van der Waals surface area contributed by atoms with Gasteiger partial charge in [0.2, 0.25) is 0 Å². The predicted octanol–water partition coefficient (Wildman–Crippen LogP) is 1.31. The summed E-state index contributed by atoms with van der Waals surface area (Å²) < 4.78 is 0. The number of carbonyl (C=O) groups excluding carboxylic acids is 1. The van der Waals surface area contributed by atoms with Crippen molar-refractivity contribution >= 4 is 5.78 Å². The fraction of sp³-hybridized carbons (Fsp3) is 0.900. The molecule has 0 amide bonds. The molecule has 2 bridgehead atoms. The highest BCUT2D eigenvalue weighted by molar-refractivity contribution is 5.84. The lowest BCUT2D eigenvalue weighted by Gasteiger charge is -2.24. The summed E-state index contributed by atoms with van der Waals surface area (Å²) >= 11 is 0. The van der Waals surface area contributed by atoms with Gasteiger partial charge < -0.3 is 4.90 Å². The minimum Gasteiger partial charge on any atom is -0.306 e. The maximum absolute atomic E-state index is 11.7. The SMILES string of the molecule is CN1CCC2CCCC(C1)C2=O. The van der Waals surface area contributed by atoms with Gasteiger partial charge in [-0.3, -0.25) is 4.79 Å². The molecule has 1 aliphatic heterocycles. The van der Waals surface area contributed by atoms with Gasteiger partial charge in [0, 0.05) is 18.4 Å². The molecule has 1 saturated carbocycles. The number of likely N-dealkylation sites (tertiary alicyclic amines) is 1. The van der Waals surface area contributed by atoms with Crippen molar-refractivity contribution in [2.75, 3.05) is 20.1 Å². The zero-order valence-electron chi connectivity index (χ0n) is 7.75. The van der Waals surface area contributed by atoms with Crippen LogP contribution in [0.2, 0.25) is 0 Å². The van der Waals surface area contributed by atoms with E-state index in [9.17, 15) is 4.79 Å². The van der Waals surface area contributed by atoms with Gasteiger partial charge in [0.25, 0.3) is 0 Å². The van der Waals surface area contributed by atoms with E-state index in [1.807, 2.05) is 0 Å². The molecular formula is C10H17NO. The van der Waals surface area contributed by atoms with E-state index in [-0.39, 0.29) is 0 Å². The van der Waals surface area contributed by atoms with Crippen molar-refractivity contribution in [1.29, 1.82) is 0 Å². The van der Waals surface area contributed by atoms with E-state index >= 15 is 0 Å². The van der Waals surface area contributed by atoms with Crippen molar-refractivity contribution < 1.29 is 4.79 Å². The highest BCUT2D eigenvalue weighted by atomic mass is 16.1. The van der Waals surface area contributed by atoms with Gasteiger partial charge in [0.05, 0.1) is 0 Å². The number of carbonyl (C=O) groups is 1. The second-order valence-corrected chi connectivity index (χ2v) is 4.28. The van der Waals surface area contributed by atoms with Crippen LogP contribution in [0.15, 0.2) is 0 Å². The van der Waals surface area contributed by atoms with Crippen LogP contribution < -0.4 is 0 Å². The summed E-state index contributed by atoms with van der Waals surface area (Å²) in [5.74, 6) is 1.34. The Morgan fingerprint density at radius 3 is 2.83 bits per heavy atom.